The Morgan fingerprint density at radius 3 is 2.26 bits per heavy atom. The quantitative estimate of drug-likeness (QED) is 0.493. The number of alkyl halides is 6. The summed E-state index contributed by atoms with van der Waals surface area (Å²) in [4.78, 5) is 15.8. The van der Waals surface area contributed by atoms with E-state index in [0.717, 1.165) is 5.56 Å². The molecule has 1 fully saturated rings. The summed E-state index contributed by atoms with van der Waals surface area (Å²) in [6.07, 6.45) is -10.9. The van der Waals surface area contributed by atoms with Gasteiger partial charge in [-0.15, -0.1) is 0 Å². The second-order valence-corrected chi connectivity index (χ2v) is 7.91. The molecule has 2 aromatic carbocycles. The van der Waals surface area contributed by atoms with E-state index < -0.39 is 48.1 Å². The molecule has 7 nitrogen and oxygen atoms in total. The summed E-state index contributed by atoms with van der Waals surface area (Å²) in [6, 6.07) is 9.68. The Hall–Kier alpha value is -3.16. The predicted octanol–water partition coefficient (Wildman–Crippen LogP) is 4.25. The molecule has 2 heterocycles. The molecule has 1 unspecified atom stereocenters. The molecule has 0 saturated carbocycles. The van der Waals surface area contributed by atoms with Gasteiger partial charge in [-0.25, -0.2) is 9.89 Å². The van der Waals surface area contributed by atoms with Gasteiger partial charge in [-0.3, -0.25) is 9.88 Å². The van der Waals surface area contributed by atoms with Crippen molar-refractivity contribution >= 4 is 0 Å². The molecule has 2 N–H and O–H groups in total. The van der Waals surface area contributed by atoms with E-state index in [2.05, 4.69) is 15.2 Å². The first-order valence-corrected chi connectivity index (χ1v) is 10.4. The van der Waals surface area contributed by atoms with Crippen molar-refractivity contribution in [1.82, 2.24) is 20.1 Å². The molecule has 0 aliphatic carbocycles. The monoisotopic (exact) mass is 502 g/mol. The normalized spacial score (nSPS) is 19.7. The number of aromatic nitrogens is 3. The smallest absolute Gasteiger partial charge is 0.349 e. The van der Waals surface area contributed by atoms with E-state index in [1.165, 1.54) is 0 Å². The van der Waals surface area contributed by atoms with Crippen LogP contribution in [0, 0.1) is 0 Å². The van der Waals surface area contributed by atoms with Crippen molar-refractivity contribution in [1.29, 1.82) is 0 Å². The maximum absolute atomic E-state index is 13.2. The van der Waals surface area contributed by atoms with Crippen LogP contribution < -0.4 is 5.69 Å². The summed E-state index contributed by atoms with van der Waals surface area (Å²) in [5.41, 5.74) is -2.87. The van der Waals surface area contributed by atoms with Gasteiger partial charge in [-0.1, -0.05) is 30.3 Å². The predicted molar refractivity (Wildman–Crippen MR) is 110 cm³/mol. The first kappa shape index (κ1) is 24.9. The van der Waals surface area contributed by atoms with E-state index in [1.54, 1.807) is 30.3 Å². The van der Waals surface area contributed by atoms with Crippen molar-refractivity contribution in [3.63, 3.8) is 0 Å². The fraction of sp³-hybridized carbons (Fsp3) is 0.364. The Kier molecular flexibility index (Phi) is 7.01. The van der Waals surface area contributed by atoms with Gasteiger partial charge < -0.3 is 9.47 Å². The zero-order valence-corrected chi connectivity index (χ0v) is 18.0. The average Bonchev–Trinajstić information content (AvgIpc) is 3.21. The largest absolute Gasteiger partial charge is 0.416 e. The van der Waals surface area contributed by atoms with Crippen LogP contribution >= 0.6 is 0 Å². The van der Waals surface area contributed by atoms with Gasteiger partial charge in [0.15, 0.2) is 6.29 Å². The number of nitrogens with one attached hydrogen (secondary N) is 2. The number of nitrogens with zero attached hydrogens (tertiary/aromatic N) is 2. The summed E-state index contributed by atoms with van der Waals surface area (Å²) in [5.74, 6) is 0.351. The molecule has 0 bridgehead atoms. The van der Waals surface area contributed by atoms with Crippen molar-refractivity contribution in [3.8, 4) is 0 Å². The number of hydrogen-bond acceptors (Lipinski definition) is 5. The molecule has 2 atom stereocenters. The lowest BCUT2D eigenvalue weighted by atomic mass is 10.0. The lowest BCUT2D eigenvalue weighted by Gasteiger charge is -2.40. The zero-order valence-electron chi connectivity index (χ0n) is 18.0. The molecule has 1 aliphatic heterocycles. The first-order valence-electron chi connectivity index (χ1n) is 10.4. The van der Waals surface area contributed by atoms with Gasteiger partial charge in [0.05, 0.1) is 36.9 Å². The Labute approximate surface area is 194 Å². The van der Waals surface area contributed by atoms with Crippen LogP contribution in [0.15, 0.2) is 53.3 Å². The van der Waals surface area contributed by atoms with Gasteiger partial charge >= 0.3 is 18.0 Å². The third-order valence-corrected chi connectivity index (χ3v) is 5.42. The maximum Gasteiger partial charge on any atom is 0.416 e. The van der Waals surface area contributed by atoms with Gasteiger partial charge in [0.25, 0.3) is 0 Å². The third kappa shape index (κ3) is 6.10. The number of ether oxygens (including phenoxy) is 2. The van der Waals surface area contributed by atoms with E-state index >= 15 is 0 Å². The van der Waals surface area contributed by atoms with E-state index in [9.17, 15) is 31.1 Å². The minimum Gasteiger partial charge on any atom is -0.349 e. The van der Waals surface area contributed by atoms with Crippen LogP contribution in [0.1, 0.15) is 34.1 Å². The minimum atomic E-state index is -4.96. The number of H-pyrrole nitrogens is 2. The Morgan fingerprint density at radius 1 is 1.03 bits per heavy atom. The number of hydrogen-bond donors (Lipinski definition) is 2. The van der Waals surface area contributed by atoms with Crippen molar-refractivity contribution in [2.45, 2.75) is 37.8 Å². The number of rotatable bonds is 6. The second kappa shape index (κ2) is 9.84. The van der Waals surface area contributed by atoms with Crippen molar-refractivity contribution in [3.05, 3.63) is 87.1 Å². The molecule has 0 radical (unpaired) electrons. The van der Waals surface area contributed by atoms with E-state index in [0.29, 0.717) is 24.5 Å². The topological polar surface area (TPSA) is 83.2 Å². The van der Waals surface area contributed by atoms with Crippen LogP contribution in [0.3, 0.4) is 0 Å². The van der Waals surface area contributed by atoms with Crippen molar-refractivity contribution in [2.75, 3.05) is 13.2 Å². The lowest BCUT2D eigenvalue weighted by molar-refractivity contribution is -0.218. The number of halogens is 6. The number of aromatic amines is 2. The molecular weight excluding hydrogens is 482 g/mol. The lowest BCUT2D eigenvalue weighted by Crippen LogP contribution is -2.46. The Balaban J connectivity index is 1.60. The van der Waals surface area contributed by atoms with Gasteiger partial charge in [0, 0.05) is 6.54 Å². The molecule has 35 heavy (non-hydrogen) atoms. The molecule has 1 aromatic heterocycles. The van der Waals surface area contributed by atoms with Crippen LogP contribution in [0.4, 0.5) is 26.3 Å². The molecule has 1 aliphatic rings. The fourth-order valence-corrected chi connectivity index (χ4v) is 3.88. The maximum atomic E-state index is 13.2. The van der Waals surface area contributed by atoms with E-state index in [4.69, 9.17) is 9.47 Å². The number of benzene rings is 2. The van der Waals surface area contributed by atoms with Gasteiger partial charge in [0.2, 0.25) is 0 Å². The Bertz CT molecular complexity index is 1160. The van der Waals surface area contributed by atoms with Crippen molar-refractivity contribution < 1.29 is 35.8 Å². The SMILES string of the molecule is O=c1[nH]nc(CN2CCOC(OCc3cc(C(F)(F)F)cc(C(F)(F)F)c3)[C@@H]2c2ccccc2)[nH]1. The molecule has 0 amide bonds. The molecule has 4 rings (SSSR count). The van der Waals surface area contributed by atoms with Crippen LogP contribution in [0.25, 0.3) is 0 Å². The highest BCUT2D eigenvalue weighted by atomic mass is 19.4. The molecule has 13 heteroatoms. The highest BCUT2D eigenvalue weighted by Gasteiger charge is 2.38. The van der Waals surface area contributed by atoms with Crippen LogP contribution in [-0.2, 0) is 35.0 Å². The Morgan fingerprint density at radius 2 is 1.69 bits per heavy atom. The average molecular weight is 502 g/mol. The first-order chi connectivity index (χ1) is 16.5. The van der Waals surface area contributed by atoms with Crippen LogP contribution in [0.5, 0.6) is 0 Å². The third-order valence-electron chi connectivity index (χ3n) is 5.42. The van der Waals surface area contributed by atoms with Crippen molar-refractivity contribution in [2.24, 2.45) is 0 Å². The van der Waals surface area contributed by atoms with Crippen LogP contribution in [0.2, 0.25) is 0 Å². The highest BCUT2D eigenvalue weighted by Crippen LogP contribution is 2.37. The number of morpholine rings is 1. The highest BCUT2D eigenvalue weighted by molar-refractivity contribution is 5.33. The summed E-state index contributed by atoms with van der Waals surface area (Å²) in [6.45, 7) is 0.243. The van der Waals surface area contributed by atoms with E-state index in [1.807, 2.05) is 4.90 Å². The zero-order chi connectivity index (χ0) is 25.2. The standard InChI is InChI=1S/C22H20F6N4O3/c23-21(24,25)15-8-13(9-16(10-15)22(26,27)28)12-35-19-18(14-4-2-1-3-5-14)32(6-7-34-19)11-17-29-20(33)31-30-17/h1-5,8-10,18-19H,6-7,11-12H2,(H2,29,30,31,33)/t18-,19?/m0/s1. The fourth-order valence-electron chi connectivity index (χ4n) is 3.88. The summed E-state index contributed by atoms with van der Waals surface area (Å²) < 4.78 is 90.7. The van der Waals surface area contributed by atoms with E-state index in [-0.39, 0.29) is 24.8 Å². The van der Waals surface area contributed by atoms with Gasteiger partial charge in [-0.2, -0.15) is 31.4 Å². The summed E-state index contributed by atoms with van der Waals surface area (Å²) >= 11 is 0. The second-order valence-electron chi connectivity index (χ2n) is 7.91. The molecule has 0 spiro atoms. The molecule has 3 aromatic rings. The minimum absolute atomic E-state index is 0.0692. The molecule has 1 saturated heterocycles. The van der Waals surface area contributed by atoms with Gasteiger partial charge in [0.1, 0.15) is 5.82 Å². The summed E-state index contributed by atoms with van der Waals surface area (Å²) in [7, 11) is 0. The molecule has 188 valence electrons. The van der Waals surface area contributed by atoms with Gasteiger partial charge in [-0.05, 0) is 29.3 Å². The summed E-state index contributed by atoms with van der Waals surface area (Å²) in [5, 5.41) is 6.16. The molecular formula is C22H20F6N4O3. The van der Waals surface area contributed by atoms with Crippen LogP contribution in [-0.4, -0.2) is 39.5 Å².